The van der Waals surface area contributed by atoms with Crippen molar-refractivity contribution >= 4 is 74.4 Å². The van der Waals surface area contributed by atoms with Crippen LogP contribution < -0.4 is 5.32 Å². The van der Waals surface area contributed by atoms with Crippen LogP contribution in [0.25, 0.3) is 51.5 Å². The summed E-state index contributed by atoms with van der Waals surface area (Å²) < 4.78 is 5.31. The minimum atomic E-state index is 1.12. The Morgan fingerprint density at radius 3 is 2.00 bits per heavy atom. The van der Waals surface area contributed by atoms with E-state index in [1.54, 1.807) is 0 Å². The van der Waals surface area contributed by atoms with Crippen LogP contribution in [0.1, 0.15) is 0 Å². The highest BCUT2D eigenvalue weighted by Gasteiger charge is 2.12. The molecule has 0 saturated carbocycles. The number of rotatable bonds is 3. The Morgan fingerprint density at radius 2 is 1.09 bits per heavy atom. The van der Waals surface area contributed by atoms with Crippen LogP contribution in [0.5, 0.6) is 0 Å². The van der Waals surface area contributed by atoms with Crippen LogP contribution in [-0.2, 0) is 0 Å². The van der Waals surface area contributed by atoms with E-state index in [9.17, 15) is 0 Å². The Bertz CT molecular complexity index is 1810. The van der Waals surface area contributed by atoms with Crippen molar-refractivity contribution in [2.75, 3.05) is 5.32 Å². The zero-order valence-corrected chi connectivity index (χ0v) is 19.3. The molecule has 0 spiro atoms. The number of anilines is 2. The highest BCUT2D eigenvalue weighted by molar-refractivity contribution is 7.26. The van der Waals surface area contributed by atoms with Gasteiger partial charge in [-0.15, -0.1) is 22.7 Å². The van der Waals surface area contributed by atoms with Crippen molar-refractivity contribution in [1.29, 1.82) is 0 Å². The van der Waals surface area contributed by atoms with Gasteiger partial charge in [0.25, 0.3) is 0 Å². The molecule has 0 amide bonds. The Morgan fingerprint density at radius 1 is 0.455 bits per heavy atom. The standard InChI is InChI=1S/C30H19NS2/c1-4-11-24(31-25-12-7-15-29-30(25)22-10-3-6-14-27(22)33-29)20(8-1)19-16-17-28-23(18-19)21-9-2-5-13-26(21)32-28/h1-18,31H. The molecule has 1 nitrogen and oxygen atoms in total. The molecule has 7 aromatic rings. The second kappa shape index (κ2) is 7.45. The fourth-order valence-corrected chi connectivity index (χ4v) is 6.98. The zero-order valence-electron chi connectivity index (χ0n) is 17.7. The number of para-hydroxylation sites is 1. The number of nitrogens with one attached hydrogen (secondary N) is 1. The summed E-state index contributed by atoms with van der Waals surface area (Å²) in [7, 11) is 0. The van der Waals surface area contributed by atoms with Crippen LogP contribution in [0, 0.1) is 0 Å². The topological polar surface area (TPSA) is 12.0 Å². The third kappa shape index (κ3) is 3.05. The van der Waals surface area contributed by atoms with Crippen molar-refractivity contribution in [3.05, 3.63) is 109 Å². The lowest BCUT2D eigenvalue weighted by Gasteiger charge is -2.14. The Kier molecular flexibility index (Phi) is 4.26. The van der Waals surface area contributed by atoms with E-state index in [2.05, 4.69) is 115 Å². The summed E-state index contributed by atoms with van der Waals surface area (Å²) in [5.74, 6) is 0. The van der Waals surface area contributed by atoms with E-state index in [0.717, 1.165) is 11.4 Å². The molecule has 7 rings (SSSR count). The van der Waals surface area contributed by atoms with E-state index in [1.807, 2.05) is 22.7 Å². The van der Waals surface area contributed by atoms with Crippen molar-refractivity contribution in [2.24, 2.45) is 0 Å². The number of fused-ring (bicyclic) bond motifs is 6. The molecule has 0 aliphatic heterocycles. The number of hydrogen-bond acceptors (Lipinski definition) is 3. The van der Waals surface area contributed by atoms with E-state index >= 15 is 0 Å². The third-order valence-electron chi connectivity index (χ3n) is 6.29. The molecule has 0 bridgehead atoms. The molecular weight excluding hydrogens is 438 g/mol. The van der Waals surface area contributed by atoms with Crippen molar-refractivity contribution in [2.45, 2.75) is 0 Å². The van der Waals surface area contributed by atoms with Crippen molar-refractivity contribution in [3.63, 3.8) is 0 Å². The lowest BCUT2D eigenvalue weighted by Crippen LogP contribution is -1.93. The zero-order chi connectivity index (χ0) is 21.8. The van der Waals surface area contributed by atoms with Gasteiger partial charge in [0, 0.05) is 57.3 Å². The van der Waals surface area contributed by atoms with Crippen LogP contribution in [0.2, 0.25) is 0 Å². The van der Waals surface area contributed by atoms with Gasteiger partial charge in [-0.1, -0.05) is 66.7 Å². The average Bonchev–Trinajstić information content (AvgIpc) is 3.43. The highest BCUT2D eigenvalue weighted by atomic mass is 32.1. The first-order chi connectivity index (χ1) is 16.3. The molecule has 0 fully saturated rings. The Balaban J connectivity index is 1.39. The second-order valence-corrected chi connectivity index (χ2v) is 10.4. The minimum absolute atomic E-state index is 1.12. The second-order valence-electron chi connectivity index (χ2n) is 8.26. The predicted molar refractivity (Wildman–Crippen MR) is 147 cm³/mol. The monoisotopic (exact) mass is 457 g/mol. The number of thiophene rings is 2. The fraction of sp³-hybridized carbons (Fsp3) is 0. The first kappa shape index (κ1) is 18.9. The van der Waals surface area contributed by atoms with Crippen LogP contribution in [0.4, 0.5) is 11.4 Å². The third-order valence-corrected chi connectivity index (χ3v) is 8.57. The molecule has 0 aliphatic carbocycles. The molecule has 2 aromatic heterocycles. The largest absolute Gasteiger partial charge is 0.354 e. The van der Waals surface area contributed by atoms with E-state index in [1.165, 1.54) is 51.5 Å². The van der Waals surface area contributed by atoms with Crippen LogP contribution in [0.15, 0.2) is 109 Å². The molecule has 0 aliphatic rings. The van der Waals surface area contributed by atoms with E-state index in [-0.39, 0.29) is 0 Å². The molecule has 156 valence electrons. The summed E-state index contributed by atoms with van der Waals surface area (Å²) in [5.41, 5.74) is 4.72. The molecule has 33 heavy (non-hydrogen) atoms. The summed E-state index contributed by atoms with van der Waals surface area (Å²) in [6.07, 6.45) is 0. The lowest BCUT2D eigenvalue weighted by molar-refractivity contribution is 1.57. The van der Waals surface area contributed by atoms with Crippen molar-refractivity contribution in [1.82, 2.24) is 0 Å². The molecule has 0 atom stereocenters. The number of hydrogen-bond donors (Lipinski definition) is 1. The van der Waals surface area contributed by atoms with Gasteiger partial charge in [0.2, 0.25) is 0 Å². The maximum atomic E-state index is 3.78. The van der Waals surface area contributed by atoms with E-state index < -0.39 is 0 Å². The first-order valence-electron chi connectivity index (χ1n) is 11.0. The van der Waals surface area contributed by atoms with Crippen LogP contribution >= 0.6 is 22.7 Å². The highest BCUT2D eigenvalue weighted by Crippen LogP contribution is 2.41. The van der Waals surface area contributed by atoms with Gasteiger partial charge in [-0.05, 0) is 48.0 Å². The average molecular weight is 458 g/mol. The van der Waals surface area contributed by atoms with Gasteiger partial charge < -0.3 is 5.32 Å². The normalized spacial score (nSPS) is 11.6. The van der Waals surface area contributed by atoms with Crippen molar-refractivity contribution in [3.8, 4) is 11.1 Å². The van der Waals surface area contributed by atoms with Gasteiger partial charge in [-0.3, -0.25) is 0 Å². The van der Waals surface area contributed by atoms with Gasteiger partial charge in [0.05, 0.1) is 0 Å². The fourth-order valence-electron chi connectivity index (χ4n) is 4.76. The minimum Gasteiger partial charge on any atom is -0.354 e. The van der Waals surface area contributed by atoms with E-state index in [0.29, 0.717) is 0 Å². The molecule has 0 saturated heterocycles. The SMILES string of the molecule is c1ccc(-c2ccc3sc4ccccc4c3c2)c(Nc2cccc3sc4ccccc4c23)c1. The molecule has 5 aromatic carbocycles. The summed E-state index contributed by atoms with van der Waals surface area (Å²) in [6.45, 7) is 0. The van der Waals surface area contributed by atoms with Crippen LogP contribution in [-0.4, -0.2) is 0 Å². The maximum absolute atomic E-state index is 3.78. The summed E-state index contributed by atoms with van der Waals surface area (Å²) in [4.78, 5) is 0. The summed E-state index contributed by atoms with van der Waals surface area (Å²) in [6, 6.07) is 39.4. The van der Waals surface area contributed by atoms with Gasteiger partial charge >= 0.3 is 0 Å². The predicted octanol–water partition coefficient (Wildman–Crippen LogP) is 9.83. The first-order valence-corrected chi connectivity index (χ1v) is 12.7. The molecule has 0 radical (unpaired) electrons. The van der Waals surface area contributed by atoms with Gasteiger partial charge in [-0.25, -0.2) is 0 Å². The number of benzene rings is 5. The maximum Gasteiger partial charge on any atom is 0.0478 e. The Labute approximate surface area is 199 Å². The van der Waals surface area contributed by atoms with Crippen LogP contribution in [0.3, 0.4) is 0 Å². The van der Waals surface area contributed by atoms with Gasteiger partial charge in [0.15, 0.2) is 0 Å². The summed E-state index contributed by atoms with van der Waals surface area (Å²) in [5, 5.41) is 9.05. The lowest BCUT2D eigenvalue weighted by atomic mass is 10.0. The molecule has 2 heterocycles. The van der Waals surface area contributed by atoms with E-state index in [4.69, 9.17) is 0 Å². The smallest absolute Gasteiger partial charge is 0.0478 e. The Hall–Kier alpha value is -3.66. The molecule has 0 unspecified atom stereocenters. The van der Waals surface area contributed by atoms with Gasteiger partial charge in [-0.2, -0.15) is 0 Å². The molecule has 1 N–H and O–H groups in total. The van der Waals surface area contributed by atoms with Crippen molar-refractivity contribution < 1.29 is 0 Å². The summed E-state index contributed by atoms with van der Waals surface area (Å²) >= 11 is 3.71. The quantitative estimate of drug-likeness (QED) is 0.278. The van der Waals surface area contributed by atoms with Gasteiger partial charge in [0.1, 0.15) is 0 Å². The molecular formula is C30H19NS2. The molecule has 3 heteroatoms.